The van der Waals surface area contributed by atoms with Crippen molar-refractivity contribution in [2.75, 3.05) is 0 Å². The molecule has 7 heteroatoms. The zero-order chi connectivity index (χ0) is 13.1. The van der Waals surface area contributed by atoms with Gasteiger partial charge in [-0.25, -0.2) is 8.42 Å². The maximum absolute atomic E-state index is 11.7. The van der Waals surface area contributed by atoms with E-state index in [-0.39, 0.29) is 17.4 Å². The van der Waals surface area contributed by atoms with E-state index in [0.717, 1.165) is 0 Å². The fourth-order valence-corrected chi connectivity index (χ4v) is 2.46. The van der Waals surface area contributed by atoms with Crippen LogP contribution in [0.4, 0.5) is 0 Å². The summed E-state index contributed by atoms with van der Waals surface area (Å²) in [6.07, 6.45) is 1.43. The van der Waals surface area contributed by atoms with Crippen LogP contribution in [0.15, 0.2) is 27.9 Å². The average Bonchev–Trinajstić information content (AvgIpc) is 2.68. The van der Waals surface area contributed by atoms with Gasteiger partial charge in [0.05, 0.1) is 6.26 Å². The van der Waals surface area contributed by atoms with Gasteiger partial charge in [-0.05, 0) is 24.5 Å². The van der Waals surface area contributed by atoms with E-state index in [0.29, 0.717) is 0 Å². The molecule has 6 nitrogen and oxygen atoms in total. The van der Waals surface area contributed by atoms with Gasteiger partial charge in [0.1, 0.15) is 6.04 Å². The van der Waals surface area contributed by atoms with E-state index in [4.69, 9.17) is 9.52 Å². The topological polar surface area (TPSA) is 96.6 Å². The van der Waals surface area contributed by atoms with Gasteiger partial charge < -0.3 is 9.52 Å². The molecule has 0 aliphatic rings. The number of furan rings is 1. The Kier molecular flexibility index (Phi) is 4.30. The van der Waals surface area contributed by atoms with Gasteiger partial charge in [-0.15, -0.1) is 0 Å². The Morgan fingerprint density at radius 1 is 1.53 bits per heavy atom. The molecule has 2 N–H and O–H groups in total. The van der Waals surface area contributed by atoms with Crippen molar-refractivity contribution in [2.24, 2.45) is 5.92 Å². The lowest BCUT2D eigenvalue weighted by Gasteiger charge is -2.15. The predicted molar refractivity (Wildman–Crippen MR) is 59.9 cm³/mol. The number of rotatable bonds is 6. The molecule has 0 unspecified atom stereocenters. The van der Waals surface area contributed by atoms with Crippen molar-refractivity contribution in [3.05, 3.63) is 18.4 Å². The molecule has 0 amide bonds. The number of sulfonamides is 1. The number of hydrogen-bond donors (Lipinski definition) is 2. The molecule has 0 saturated heterocycles. The third-order valence-electron chi connectivity index (χ3n) is 2.06. The Balaban J connectivity index is 2.84. The first-order chi connectivity index (χ1) is 7.83. The fourth-order valence-electron chi connectivity index (χ4n) is 1.33. The van der Waals surface area contributed by atoms with E-state index in [1.54, 1.807) is 0 Å². The molecule has 0 fully saturated rings. The molecule has 0 aliphatic carbocycles. The summed E-state index contributed by atoms with van der Waals surface area (Å²) in [6.45, 7) is 3.63. The largest absolute Gasteiger partial charge is 0.480 e. The van der Waals surface area contributed by atoms with Crippen molar-refractivity contribution in [2.45, 2.75) is 31.4 Å². The summed E-state index contributed by atoms with van der Waals surface area (Å²) in [5.74, 6) is -1.13. The monoisotopic (exact) mass is 261 g/mol. The second-order valence-corrected chi connectivity index (χ2v) is 5.72. The summed E-state index contributed by atoms with van der Waals surface area (Å²) in [7, 11) is -3.90. The van der Waals surface area contributed by atoms with E-state index in [2.05, 4.69) is 4.72 Å². The molecule has 1 aromatic heterocycles. The number of carbonyl (C=O) groups is 1. The molecule has 0 spiro atoms. The van der Waals surface area contributed by atoms with E-state index in [1.807, 2.05) is 13.8 Å². The number of carboxylic acid groups (broad SMARTS) is 1. The number of carboxylic acids is 1. The van der Waals surface area contributed by atoms with E-state index < -0.39 is 22.0 Å². The number of nitrogens with one attached hydrogen (secondary N) is 1. The van der Waals surface area contributed by atoms with Crippen LogP contribution in [0.1, 0.15) is 20.3 Å². The normalized spacial score (nSPS) is 13.8. The minimum absolute atomic E-state index is 0.0652. The molecule has 0 bridgehead atoms. The van der Waals surface area contributed by atoms with Gasteiger partial charge in [0, 0.05) is 0 Å². The van der Waals surface area contributed by atoms with Crippen molar-refractivity contribution >= 4 is 16.0 Å². The SMILES string of the molecule is CC(C)C[C@@H](NS(=O)(=O)c1ccco1)C(=O)O. The van der Waals surface area contributed by atoms with Gasteiger partial charge in [-0.3, -0.25) is 4.79 Å². The third-order valence-corrected chi connectivity index (χ3v) is 3.42. The summed E-state index contributed by atoms with van der Waals surface area (Å²) in [6, 6.07) is 1.54. The maximum Gasteiger partial charge on any atom is 0.321 e. The molecule has 0 aromatic carbocycles. The second-order valence-electron chi connectivity index (χ2n) is 4.07. The van der Waals surface area contributed by atoms with Gasteiger partial charge in [-0.2, -0.15) is 4.72 Å². The first-order valence-electron chi connectivity index (χ1n) is 5.11. The summed E-state index contributed by atoms with van der Waals surface area (Å²) in [4.78, 5) is 10.9. The standard InChI is InChI=1S/C10H15NO5S/c1-7(2)6-8(10(12)13)11-17(14,15)9-4-3-5-16-9/h3-5,7-8,11H,6H2,1-2H3,(H,12,13)/t8-/m1/s1. The van der Waals surface area contributed by atoms with Crippen LogP contribution in [-0.2, 0) is 14.8 Å². The first-order valence-corrected chi connectivity index (χ1v) is 6.60. The van der Waals surface area contributed by atoms with Crippen molar-refractivity contribution in [1.82, 2.24) is 4.72 Å². The molecular weight excluding hydrogens is 246 g/mol. The van der Waals surface area contributed by atoms with Crippen LogP contribution < -0.4 is 4.72 Å². The summed E-state index contributed by atoms with van der Waals surface area (Å²) in [5, 5.41) is 8.64. The Bertz CT molecular complexity index is 463. The Hall–Kier alpha value is -1.34. The Morgan fingerprint density at radius 2 is 2.18 bits per heavy atom. The Labute approximate surface area is 99.7 Å². The first kappa shape index (κ1) is 13.7. The van der Waals surface area contributed by atoms with Crippen molar-refractivity contribution in [1.29, 1.82) is 0 Å². The summed E-state index contributed by atoms with van der Waals surface area (Å²) in [5.41, 5.74) is 0. The number of aliphatic carboxylic acids is 1. The highest BCUT2D eigenvalue weighted by atomic mass is 32.2. The molecule has 0 saturated carbocycles. The lowest BCUT2D eigenvalue weighted by molar-refractivity contribution is -0.139. The van der Waals surface area contributed by atoms with Crippen LogP contribution in [0.2, 0.25) is 0 Å². The van der Waals surface area contributed by atoms with Gasteiger partial charge >= 0.3 is 5.97 Å². The third kappa shape index (κ3) is 3.86. The smallest absolute Gasteiger partial charge is 0.321 e. The van der Waals surface area contributed by atoms with Crippen LogP contribution in [0, 0.1) is 5.92 Å². The molecule has 0 radical (unpaired) electrons. The second kappa shape index (κ2) is 5.33. The summed E-state index contributed by atoms with van der Waals surface area (Å²) < 4.78 is 30.3. The van der Waals surface area contributed by atoms with Crippen molar-refractivity contribution < 1.29 is 22.7 Å². The minimum Gasteiger partial charge on any atom is -0.480 e. The lowest BCUT2D eigenvalue weighted by Crippen LogP contribution is -2.41. The average molecular weight is 261 g/mol. The van der Waals surface area contributed by atoms with Gasteiger partial charge in [-0.1, -0.05) is 13.8 Å². The molecule has 1 aromatic rings. The van der Waals surface area contributed by atoms with Crippen molar-refractivity contribution in [3.8, 4) is 0 Å². The van der Waals surface area contributed by atoms with Gasteiger partial charge in [0.2, 0.25) is 5.09 Å². The predicted octanol–water partition coefficient (Wildman–Crippen LogP) is 1.06. The fraction of sp³-hybridized carbons (Fsp3) is 0.500. The highest BCUT2D eigenvalue weighted by molar-refractivity contribution is 7.89. The zero-order valence-electron chi connectivity index (χ0n) is 9.58. The van der Waals surface area contributed by atoms with E-state index in [1.165, 1.54) is 18.4 Å². The van der Waals surface area contributed by atoms with Gasteiger partial charge in [0.25, 0.3) is 10.0 Å². The lowest BCUT2D eigenvalue weighted by atomic mass is 10.1. The molecular formula is C10H15NO5S. The van der Waals surface area contributed by atoms with Crippen LogP contribution in [0.25, 0.3) is 0 Å². The maximum atomic E-state index is 11.7. The Morgan fingerprint density at radius 3 is 2.59 bits per heavy atom. The van der Waals surface area contributed by atoms with Crippen LogP contribution in [0.5, 0.6) is 0 Å². The summed E-state index contributed by atoms with van der Waals surface area (Å²) >= 11 is 0. The van der Waals surface area contributed by atoms with Gasteiger partial charge in [0.15, 0.2) is 0 Å². The highest BCUT2D eigenvalue weighted by Gasteiger charge is 2.27. The molecule has 1 heterocycles. The van der Waals surface area contributed by atoms with Crippen LogP contribution in [-0.4, -0.2) is 25.5 Å². The number of hydrogen-bond acceptors (Lipinski definition) is 4. The minimum atomic E-state index is -3.90. The van der Waals surface area contributed by atoms with Crippen molar-refractivity contribution in [3.63, 3.8) is 0 Å². The van der Waals surface area contributed by atoms with Crippen LogP contribution >= 0.6 is 0 Å². The molecule has 17 heavy (non-hydrogen) atoms. The van der Waals surface area contributed by atoms with E-state index in [9.17, 15) is 13.2 Å². The highest BCUT2D eigenvalue weighted by Crippen LogP contribution is 2.12. The molecule has 96 valence electrons. The van der Waals surface area contributed by atoms with E-state index >= 15 is 0 Å². The molecule has 1 atom stereocenters. The zero-order valence-corrected chi connectivity index (χ0v) is 10.4. The quantitative estimate of drug-likeness (QED) is 0.798. The molecule has 0 aliphatic heterocycles. The van der Waals surface area contributed by atoms with Crippen LogP contribution in [0.3, 0.4) is 0 Å². The molecule has 1 rings (SSSR count).